The summed E-state index contributed by atoms with van der Waals surface area (Å²) in [5.41, 5.74) is 1.10. The Balaban J connectivity index is 1.75. The number of ketones is 1. The Morgan fingerprint density at radius 3 is 2.52 bits per heavy atom. The van der Waals surface area contributed by atoms with E-state index in [4.69, 9.17) is 9.47 Å². The van der Waals surface area contributed by atoms with Crippen LogP contribution in [-0.4, -0.2) is 52.0 Å². The smallest absolute Gasteiger partial charge is 0.295 e. The first-order valence-corrected chi connectivity index (χ1v) is 10.6. The van der Waals surface area contributed by atoms with E-state index in [1.807, 2.05) is 41.1 Å². The van der Waals surface area contributed by atoms with Crippen molar-refractivity contribution < 1.29 is 24.2 Å². The van der Waals surface area contributed by atoms with Crippen LogP contribution in [0.15, 0.2) is 72.8 Å². The van der Waals surface area contributed by atoms with Crippen molar-refractivity contribution >= 4 is 17.4 Å². The largest absolute Gasteiger partial charge is 0.507 e. The summed E-state index contributed by atoms with van der Waals surface area (Å²) in [6.07, 6.45) is 5.87. The Bertz CT molecular complexity index is 1170. The predicted molar refractivity (Wildman–Crippen MR) is 122 cm³/mol. The van der Waals surface area contributed by atoms with Crippen LogP contribution >= 0.6 is 0 Å². The molecular weight excluding hydrogens is 422 g/mol. The minimum atomic E-state index is -0.721. The zero-order valence-corrected chi connectivity index (χ0v) is 18.5. The number of ether oxygens (including phenoxy) is 2. The van der Waals surface area contributed by atoms with Crippen molar-refractivity contribution in [1.29, 1.82) is 0 Å². The molecule has 0 saturated carbocycles. The maximum Gasteiger partial charge on any atom is 0.295 e. The van der Waals surface area contributed by atoms with Crippen molar-refractivity contribution in [3.05, 3.63) is 84.0 Å². The molecule has 1 saturated heterocycles. The molecule has 2 aromatic carbocycles. The predicted octanol–water partition coefficient (Wildman–Crippen LogP) is 3.41. The standard InChI is InChI=1S/C25H25N3O5/c1-32-18-9-10-19(20(15-18)33-2)23(29)21-22(17-7-4-3-5-8-17)28(25(31)24(21)30)13-6-12-27-14-11-26-16-27/h3-5,7-11,14-16,22,29H,6,12-13H2,1-2H3/b23-21+/t22-/m0/s1. The van der Waals surface area contributed by atoms with Crippen LogP contribution in [0.1, 0.15) is 23.6 Å². The molecule has 170 valence electrons. The van der Waals surface area contributed by atoms with E-state index in [-0.39, 0.29) is 11.3 Å². The number of carbonyl (C=O) groups excluding carboxylic acids is 2. The summed E-state index contributed by atoms with van der Waals surface area (Å²) in [4.78, 5) is 31.7. The highest BCUT2D eigenvalue weighted by Gasteiger charge is 2.46. The highest BCUT2D eigenvalue weighted by molar-refractivity contribution is 6.46. The monoisotopic (exact) mass is 447 g/mol. The number of Topliss-reactive ketones (excluding diaryl/α,β-unsaturated/α-hetero) is 1. The molecular formula is C25H25N3O5. The van der Waals surface area contributed by atoms with Gasteiger partial charge in [-0.25, -0.2) is 4.98 Å². The number of aliphatic hydroxyl groups is 1. The van der Waals surface area contributed by atoms with E-state index < -0.39 is 17.7 Å². The first kappa shape index (κ1) is 22.1. The number of aliphatic hydroxyl groups excluding tert-OH is 1. The maximum atomic E-state index is 13.1. The van der Waals surface area contributed by atoms with Crippen molar-refractivity contribution in [3.63, 3.8) is 0 Å². The van der Waals surface area contributed by atoms with Crippen LogP contribution in [0.25, 0.3) is 5.76 Å². The third-order valence-corrected chi connectivity index (χ3v) is 5.69. The van der Waals surface area contributed by atoms with Gasteiger partial charge in [-0.3, -0.25) is 9.59 Å². The number of carbonyl (C=O) groups is 2. The van der Waals surface area contributed by atoms with E-state index >= 15 is 0 Å². The first-order valence-electron chi connectivity index (χ1n) is 10.6. The SMILES string of the molecule is COc1ccc(/C(O)=C2\C(=O)C(=O)N(CCCn3ccnc3)[C@H]2c2ccccc2)c(OC)c1. The van der Waals surface area contributed by atoms with Gasteiger partial charge in [0.2, 0.25) is 0 Å². The van der Waals surface area contributed by atoms with Crippen molar-refractivity contribution in [2.75, 3.05) is 20.8 Å². The Morgan fingerprint density at radius 1 is 1.06 bits per heavy atom. The van der Waals surface area contributed by atoms with E-state index in [0.29, 0.717) is 36.6 Å². The Morgan fingerprint density at radius 2 is 1.85 bits per heavy atom. The van der Waals surface area contributed by atoms with Crippen LogP contribution in [0, 0.1) is 0 Å². The summed E-state index contributed by atoms with van der Waals surface area (Å²) < 4.78 is 12.5. The summed E-state index contributed by atoms with van der Waals surface area (Å²) in [5.74, 6) is -0.753. The molecule has 1 aliphatic heterocycles. The molecule has 8 nitrogen and oxygen atoms in total. The lowest BCUT2D eigenvalue weighted by Crippen LogP contribution is -2.31. The van der Waals surface area contributed by atoms with E-state index in [0.717, 1.165) is 5.56 Å². The summed E-state index contributed by atoms with van der Waals surface area (Å²) in [6.45, 7) is 0.996. The van der Waals surface area contributed by atoms with Crippen LogP contribution in [0.3, 0.4) is 0 Å². The summed E-state index contributed by atoms with van der Waals surface area (Å²) in [6, 6.07) is 13.4. The van der Waals surface area contributed by atoms with Crippen molar-refractivity contribution in [2.45, 2.75) is 19.0 Å². The maximum absolute atomic E-state index is 13.1. The second-order valence-electron chi connectivity index (χ2n) is 7.62. The number of aromatic nitrogens is 2. The van der Waals surface area contributed by atoms with Gasteiger partial charge in [-0.15, -0.1) is 0 Å². The number of hydrogen-bond acceptors (Lipinski definition) is 6. The van der Waals surface area contributed by atoms with Gasteiger partial charge in [0.05, 0.1) is 37.7 Å². The lowest BCUT2D eigenvalue weighted by atomic mass is 9.95. The van der Waals surface area contributed by atoms with E-state index in [1.54, 1.807) is 30.7 Å². The number of hydrogen-bond donors (Lipinski definition) is 1. The summed E-state index contributed by atoms with van der Waals surface area (Å²) in [5, 5.41) is 11.3. The van der Waals surface area contributed by atoms with E-state index in [9.17, 15) is 14.7 Å². The zero-order chi connectivity index (χ0) is 23.4. The zero-order valence-electron chi connectivity index (χ0n) is 18.5. The number of nitrogens with zero attached hydrogens (tertiary/aromatic N) is 3. The van der Waals surface area contributed by atoms with Crippen LogP contribution in [0.2, 0.25) is 0 Å². The number of benzene rings is 2. The van der Waals surface area contributed by atoms with Crippen LogP contribution in [0.4, 0.5) is 0 Å². The molecule has 0 unspecified atom stereocenters. The molecule has 1 N–H and O–H groups in total. The lowest BCUT2D eigenvalue weighted by Gasteiger charge is -2.25. The molecule has 8 heteroatoms. The van der Waals surface area contributed by atoms with Gasteiger partial charge in [-0.05, 0) is 24.1 Å². The average molecular weight is 447 g/mol. The van der Waals surface area contributed by atoms with Crippen LogP contribution in [-0.2, 0) is 16.1 Å². The van der Waals surface area contributed by atoms with E-state index in [1.165, 1.54) is 19.1 Å². The highest BCUT2D eigenvalue weighted by atomic mass is 16.5. The molecule has 0 aliphatic carbocycles. The number of likely N-dealkylation sites (tertiary alicyclic amines) is 1. The fourth-order valence-corrected chi connectivity index (χ4v) is 4.07. The highest BCUT2D eigenvalue weighted by Crippen LogP contribution is 2.41. The Labute approximate surface area is 191 Å². The Hall–Kier alpha value is -4.07. The molecule has 33 heavy (non-hydrogen) atoms. The third-order valence-electron chi connectivity index (χ3n) is 5.69. The molecule has 4 rings (SSSR count). The minimum absolute atomic E-state index is 0.0392. The van der Waals surface area contributed by atoms with Gasteiger partial charge in [-0.1, -0.05) is 30.3 Å². The van der Waals surface area contributed by atoms with Gasteiger partial charge in [0.25, 0.3) is 11.7 Å². The van der Waals surface area contributed by atoms with Crippen LogP contribution in [0.5, 0.6) is 11.5 Å². The summed E-state index contributed by atoms with van der Waals surface area (Å²) >= 11 is 0. The number of amides is 1. The minimum Gasteiger partial charge on any atom is -0.507 e. The summed E-state index contributed by atoms with van der Waals surface area (Å²) in [7, 11) is 2.99. The Kier molecular flexibility index (Phi) is 6.44. The molecule has 1 aromatic heterocycles. The van der Waals surface area contributed by atoms with Gasteiger partial charge in [0.15, 0.2) is 0 Å². The average Bonchev–Trinajstić information content (AvgIpc) is 3.46. The lowest BCUT2D eigenvalue weighted by molar-refractivity contribution is -0.139. The van der Waals surface area contributed by atoms with Gasteiger partial charge >= 0.3 is 0 Å². The van der Waals surface area contributed by atoms with Gasteiger partial charge in [-0.2, -0.15) is 0 Å². The molecule has 3 aromatic rings. The quantitative estimate of drug-likeness (QED) is 0.323. The molecule has 1 atom stereocenters. The second kappa shape index (κ2) is 9.60. The topological polar surface area (TPSA) is 93.9 Å². The number of aryl methyl sites for hydroxylation is 1. The molecule has 0 spiro atoms. The molecule has 0 radical (unpaired) electrons. The number of rotatable bonds is 8. The third kappa shape index (κ3) is 4.32. The van der Waals surface area contributed by atoms with Crippen LogP contribution < -0.4 is 9.47 Å². The van der Waals surface area contributed by atoms with E-state index in [2.05, 4.69) is 4.98 Å². The van der Waals surface area contributed by atoms with Crippen molar-refractivity contribution in [1.82, 2.24) is 14.5 Å². The first-order chi connectivity index (χ1) is 16.0. The fourth-order valence-electron chi connectivity index (χ4n) is 4.07. The van der Waals surface area contributed by atoms with Crippen molar-refractivity contribution in [2.24, 2.45) is 0 Å². The molecule has 1 aliphatic rings. The van der Waals surface area contributed by atoms with Crippen molar-refractivity contribution in [3.8, 4) is 11.5 Å². The van der Waals surface area contributed by atoms with Gasteiger partial charge in [0.1, 0.15) is 17.3 Å². The molecule has 1 amide bonds. The second-order valence-corrected chi connectivity index (χ2v) is 7.62. The normalized spacial score (nSPS) is 17.4. The number of imidazole rings is 1. The molecule has 2 heterocycles. The molecule has 0 bridgehead atoms. The van der Waals surface area contributed by atoms with Gasteiger partial charge in [0, 0.05) is 31.5 Å². The molecule has 1 fully saturated rings. The van der Waals surface area contributed by atoms with Gasteiger partial charge < -0.3 is 24.0 Å². The number of methoxy groups -OCH3 is 2. The fraction of sp³-hybridized carbons (Fsp3) is 0.240.